The molecule has 4 aliphatic rings. The van der Waals surface area contributed by atoms with Gasteiger partial charge in [-0.3, -0.25) is 4.79 Å². The van der Waals surface area contributed by atoms with Crippen molar-refractivity contribution < 1.29 is 86.7 Å². The van der Waals surface area contributed by atoms with Crippen LogP contribution in [0.2, 0.25) is 0 Å². The Morgan fingerprint density at radius 1 is 0.652 bits per heavy atom. The molecule has 23 nitrogen and oxygen atoms in total. The number of amides is 5. The maximum Gasteiger partial charge on any atom is 0.408 e. The Kier molecular flexibility index (Phi) is 19.4. The van der Waals surface area contributed by atoms with Crippen molar-refractivity contribution in [3.63, 3.8) is 0 Å². The summed E-state index contributed by atoms with van der Waals surface area (Å²) in [7, 11) is 0. The molecule has 0 aromatic heterocycles. The first-order valence-electron chi connectivity index (χ1n) is 23.9. The highest BCUT2D eigenvalue weighted by Gasteiger charge is 2.56. The van der Waals surface area contributed by atoms with Crippen LogP contribution in [0, 0.1) is 0 Å². The Hall–Kier alpha value is -3.81. The number of fused-ring (bicyclic) bond motifs is 1. The SMILES string of the molecule is CCC1CCC(NC(=O)OC(C)(C)C)[C@@H](OC2C(O)[C@@H](O[C@H]3OC4COC(C)(C)O[C@H]4[C@H](NC(=O)OC(C)(C)C)C3O)[C@H](NC(=O)[C@@H](O)CCNC(=O)OC(C)(C)C)C[C@H]2NC(=O)OC(C)(C)C)O1. The van der Waals surface area contributed by atoms with Gasteiger partial charge in [-0.05, 0) is 129 Å². The van der Waals surface area contributed by atoms with Crippen LogP contribution in [0.5, 0.6) is 0 Å². The lowest BCUT2D eigenvalue weighted by Gasteiger charge is -2.52. The van der Waals surface area contributed by atoms with Crippen LogP contribution in [-0.2, 0) is 52.2 Å². The summed E-state index contributed by atoms with van der Waals surface area (Å²) in [5.41, 5.74) is -3.52. The minimum absolute atomic E-state index is 0.0784. The predicted molar refractivity (Wildman–Crippen MR) is 244 cm³/mol. The second kappa shape index (κ2) is 23.2. The largest absolute Gasteiger partial charge is 0.444 e. The van der Waals surface area contributed by atoms with E-state index in [0.29, 0.717) is 19.3 Å². The van der Waals surface area contributed by atoms with Gasteiger partial charge in [-0.2, -0.15) is 0 Å². The summed E-state index contributed by atoms with van der Waals surface area (Å²) in [5.74, 6) is -2.10. The number of aliphatic hydroxyl groups excluding tert-OH is 3. The molecule has 8 N–H and O–H groups in total. The van der Waals surface area contributed by atoms with Crippen molar-refractivity contribution in [2.24, 2.45) is 0 Å². The topological polar surface area (TPSA) is 298 Å². The fourth-order valence-electron chi connectivity index (χ4n) is 8.10. The molecule has 0 bridgehead atoms. The van der Waals surface area contributed by atoms with E-state index >= 15 is 0 Å². The van der Waals surface area contributed by atoms with E-state index in [2.05, 4.69) is 26.6 Å². The van der Waals surface area contributed by atoms with Crippen molar-refractivity contribution in [1.82, 2.24) is 26.6 Å². The number of hydrogen-bond acceptors (Lipinski definition) is 18. The monoisotopic (exact) mass is 992 g/mol. The molecule has 4 fully saturated rings. The zero-order valence-electron chi connectivity index (χ0n) is 43.0. The maximum absolute atomic E-state index is 13.9. The van der Waals surface area contributed by atoms with Crippen molar-refractivity contribution >= 4 is 30.3 Å². The molecule has 0 aromatic carbocycles. The number of aliphatic hydroxyl groups is 3. The summed E-state index contributed by atoms with van der Waals surface area (Å²) in [5, 5.41) is 49.3. The fraction of sp³-hybridized carbons (Fsp3) is 0.891. The summed E-state index contributed by atoms with van der Waals surface area (Å²) in [4.78, 5) is 66.1. The third-order valence-corrected chi connectivity index (χ3v) is 11.0. The second-order valence-electron chi connectivity index (χ2n) is 22.4. The zero-order valence-corrected chi connectivity index (χ0v) is 43.0. The van der Waals surface area contributed by atoms with Gasteiger partial charge < -0.3 is 89.3 Å². The first-order chi connectivity index (χ1) is 31.6. The molecule has 14 atom stereocenters. The maximum atomic E-state index is 13.9. The van der Waals surface area contributed by atoms with Crippen molar-refractivity contribution in [2.45, 2.75) is 250 Å². The molecule has 0 radical (unpaired) electrons. The summed E-state index contributed by atoms with van der Waals surface area (Å²) in [6, 6.07) is -4.54. The Morgan fingerprint density at radius 3 is 1.68 bits per heavy atom. The minimum Gasteiger partial charge on any atom is -0.444 e. The van der Waals surface area contributed by atoms with Crippen molar-refractivity contribution in [3.8, 4) is 0 Å². The number of alkyl carbamates (subject to hydrolysis) is 4. The van der Waals surface area contributed by atoms with Crippen LogP contribution in [0.3, 0.4) is 0 Å². The number of ether oxygens (including phenoxy) is 10. The lowest BCUT2D eigenvalue weighted by molar-refractivity contribution is -0.376. The van der Waals surface area contributed by atoms with E-state index in [1.807, 2.05) is 6.92 Å². The van der Waals surface area contributed by atoms with Crippen molar-refractivity contribution in [2.75, 3.05) is 13.2 Å². The van der Waals surface area contributed by atoms with Crippen LogP contribution in [0.4, 0.5) is 19.2 Å². The third-order valence-electron chi connectivity index (χ3n) is 11.0. The fourth-order valence-corrected chi connectivity index (χ4v) is 8.10. The van der Waals surface area contributed by atoms with Crippen LogP contribution >= 0.6 is 0 Å². The summed E-state index contributed by atoms with van der Waals surface area (Å²) >= 11 is 0. The van der Waals surface area contributed by atoms with E-state index in [-0.39, 0.29) is 32.1 Å². The molecule has 3 heterocycles. The quantitative estimate of drug-likeness (QED) is 0.123. The highest BCUT2D eigenvalue weighted by molar-refractivity contribution is 5.81. The van der Waals surface area contributed by atoms with Crippen molar-refractivity contribution in [1.29, 1.82) is 0 Å². The van der Waals surface area contributed by atoms with Gasteiger partial charge in [0.25, 0.3) is 0 Å². The summed E-state index contributed by atoms with van der Waals surface area (Å²) < 4.78 is 59.7. The van der Waals surface area contributed by atoms with Crippen molar-refractivity contribution in [3.05, 3.63) is 0 Å². The molecule has 0 aromatic rings. The molecule has 398 valence electrons. The minimum atomic E-state index is -1.83. The van der Waals surface area contributed by atoms with Gasteiger partial charge in [0, 0.05) is 6.54 Å². The number of hydrogen-bond donors (Lipinski definition) is 8. The predicted octanol–water partition coefficient (Wildman–Crippen LogP) is 3.11. The average Bonchev–Trinajstić information content (AvgIpc) is 3.16. The molecule has 5 amide bonds. The van der Waals surface area contributed by atoms with Gasteiger partial charge in [0.05, 0.1) is 36.9 Å². The standard InChI is InChI=1S/C46H81N5O18/c1-16-23-17-18-24(49-39(57)67-43(5,6)7)36(61-23)63-33-26(50-40(58)68-44(8,9)10)21-25(48-35(55)27(52)19-20-47-38(56)66-42(2,3)4)32(31(33)54)64-37-30(53)29(51-41(59)69-45(11,12)13)34-28(62-37)22-60-46(14,15)65-34/h23-34,36-37,52-54H,16-22H2,1-15H3,(H,47,56)(H,48,55)(H,49,57)(H,50,58)(H,51,59)/t23?,24?,25-,26-,27+,28?,29-,30?,31?,32+,33?,34-,36-,37-/m1/s1. The number of rotatable bonds is 13. The van der Waals surface area contributed by atoms with Crippen LogP contribution < -0.4 is 26.6 Å². The van der Waals surface area contributed by atoms with Gasteiger partial charge in [0.15, 0.2) is 18.4 Å². The zero-order chi connectivity index (χ0) is 52.0. The van der Waals surface area contributed by atoms with E-state index in [1.54, 1.807) is 96.9 Å². The van der Waals surface area contributed by atoms with Crippen LogP contribution in [0.15, 0.2) is 0 Å². The Bertz CT molecular complexity index is 1740. The lowest BCUT2D eigenvalue weighted by atomic mass is 9.83. The van der Waals surface area contributed by atoms with Gasteiger partial charge in [-0.15, -0.1) is 0 Å². The molecular weight excluding hydrogens is 911 g/mol. The third kappa shape index (κ3) is 18.4. The van der Waals surface area contributed by atoms with E-state index in [0.717, 1.165) is 0 Å². The van der Waals surface area contributed by atoms with Gasteiger partial charge >= 0.3 is 24.4 Å². The molecule has 69 heavy (non-hydrogen) atoms. The molecule has 4 rings (SSSR count). The van der Waals surface area contributed by atoms with E-state index in [9.17, 15) is 39.3 Å². The number of carbonyl (C=O) groups is 5. The number of nitrogens with one attached hydrogen (secondary N) is 5. The summed E-state index contributed by atoms with van der Waals surface area (Å²) in [6.07, 6.45) is -15.8. The normalized spacial score (nSPS) is 32.2. The molecule has 6 unspecified atom stereocenters. The number of carbonyl (C=O) groups excluding carboxylic acids is 5. The van der Waals surface area contributed by atoms with E-state index < -0.39 is 138 Å². The lowest BCUT2D eigenvalue weighted by Crippen LogP contribution is -2.72. The van der Waals surface area contributed by atoms with E-state index in [4.69, 9.17) is 47.4 Å². The molecule has 1 aliphatic carbocycles. The van der Waals surface area contributed by atoms with Gasteiger partial charge in [0.1, 0.15) is 65.1 Å². The van der Waals surface area contributed by atoms with E-state index in [1.165, 1.54) is 0 Å². The molecule has 1 saturated carbocycles. The molecule has 3 saturated heterocycles. The Morgan fingerprint density at radius 2 is 1.14 bits per heavy atom. The van der Waals surface area contributed by atoms with Crippen LogP contribution in [0.25, 0.3) is 0 Å². The Labute approximate surface area is 405 Å². The first-order valence-corrected chi connectivity index (χ1v) is 23.9. The highest BCUT2D eigenvalue weighted by atomic mass is 16.8. The Balaban J connectivity index is 1.74. The second-order valence-corrected chi connectivity index (χ2v) is 22.4. The summed E-state index contributed by atoms with van der Waals surface area (Å²) in [6.45, 7) is 25.2. The molecule has 23 heteroatoms. The smallest absolute Gasteiger partial charge is 0.408 e. The van der Waals surface area contributed by atoms with Gasteiger partial charge in [-0.1, -0.05) is 6.92 Å². The average molecular weight is 992 g/mol. The van der Waals surface area contributed by atoms with Gasteiger partial charge in [-0.25, -0.2) is 19.2 Å². The highest BCUT2D eigenvalue weighted by Crippen LogP contribution is 2.37. The van der Waals surface area contributed by atoms with Crippen LogP contribution in [0.1, 0.15) is 136 Å². The molecule has 3 aliphatic heterocycles. The van der Waals surface area contributed by atoms with Crippen LogP contribution in [-0.4, -0.2) is 173 Å². The van der Waals surface area contributed by atoms with Gasteiger partial charge in [0.2, 0.25) is 5.91 Å². The molecule has 0 spiro atoms. The first kappa shape index (κ1) is 57.8. The molecular formula is C46H81N5O18.